The maximum atomic E-state index is 13.3. The summed E-state index contributed by atoms with van der Waals surface area (Å²) in [7, 11) is 0. The summed E-state index contributed by atoms with van der Waals surface area (Å²) in [6.45, 7) is 2.34. The van der Waals surface area contributed by atoms with Gasteiger partial charge in [-0.2, -0.15) is 0 Å². The van der Waals surface area contributed by atoms with E-state index >= 15 is 0 Å². The van der Waals surface area contributed by atoms with Crippen molar-refractivity contribution in [3.63, 3.8) is 0 Å². The maximum Gasteiger partial charge on any atom is 0.238 e. The van der Waals surface area contributed by atoms with E-state index in [-0.39, 0.29) is 23.4 Å². The highest BCUT2D eigenvalue weighted by Crippen LogP contribution is 2.36. The molecular weight excluding hydrogens is 457 g/mol. The van der Waals surface area contributed by atoms with Crippen molar-refractivity contribution in [1.82, 2.24) is 10.2 Å². The number of halogens is 2. The van der Waals surface area contributed by atoms with E-state index in [2.05, 4.69) is 28.9 Å². The summed E-state index contributed by atoms with van der Waals surface area (Å²) in [5, 5.41) is 5.77. The monoisotopic (exact) mass is 485 g/mol. The first kappa shape index (κ1) is 24.2. The Labute approximate surface area is 204 Å². The molecule has 0 saturated carbocycles. The molecule has 2 aromatic carbocycles. The van der Waals surface area contributed by atoms with Crippen LogP contribution < -0.4 is 15.4 Å². The Morgan fingerprint density at radius 1 is 1.18 bits per heavy atom. The van der Waals surface area contributed by atoms with E-state index < -0.39 is 11.2 Å². The smallest absolute Gasteiger partial charge is 0.238 e. The molecule has 6 nitrogen and oxygen atoms in total. The molecule has 2 aliphatic heterocycles. The number of hydrogen-bond donors (Lipinski definition) is 2. The second kappa shape index (κ2) is 11.0. The number of carbonyl (C=O) groups is 2. The van der Waals surface area contributed by atoms with Crippen molar-refractivity contribution < 1.29 is 18.7 Å². The number of hydrogen-bond acceptors (Lipinski definition) is 4. The summed E-state index contributed by atoms with van der Waals surface area (Å²) >= 11 is 5.79. The Balaban J connectivity index is 1.35. The van der Waals surface area contributed by atoms with E-state index in [9.17, 15) is 14.0 Å². The number of ether oxygens (including phenoxy) is 1. The molecule has 1 spiro atoms. The van der Waals surface area contributed by atoms with E-state index in [0.29, 0.717) is 51.2 Å². The van der Waals surface area contributed by atoms with Gasteiger partial charge in [0.25, 0.3) is 0 Å². The minimum absolute atomic E-state index is 0.0341. The average Bonchev–Trinajstić information content (AvgIpc) is 2.83. The fourth-order valence-electron chi connectivity index (χ4n) is 4.49. The molecule has 0 aromatic heterocycles. The molecule has 1 saturated heterocycles. The van der Waals surface area contributed by atoms with Crippen molar-refractivity contribution in [1.29, 1.82) is 0 Å². The molecule has 34 heavy (non-hydrogen) atoms. The number of likely N-dealkylation sites (tertiary alicyclic amines) is 1. The topological polar surface area (TPSA) is 70.7 Å². The summed E-state index contributed by atoms with van der Waals surface area (Å²) in [5.41, 5.74) is 1.09. The van der Waals surface area contributed by atoms with Gasteiger partial charge in [0.15, 0.2) is 0 Å². The van der Waals surface area contributed by atoms with Gasteiger partial charge in [0, 0.05) is 5.69 Å². The van der Waals surface area contributed by atoms with Crippen molar-refractivity contribution in [2.75, 3.05) is 38.1 Å². The van der Waals surface area contributed by atoms with Crippen molar-refractivity contribution in [2.45, 2.75) is 25.7 Å². The van der Waals surface area contributed by atoms with E-state index in [1.165, 1.54) is 18.2 Å². The van der Waals surface area contributed by atoms with Gasteiger partial charge in [0.05, 0.1) is 23.5 Å². The lowest BCUT2D eigenvalue weighted by atomic mass is 9.74. The van der Waals surface area contributed by atoms with Crippen LogP contribution in [0.2, 0.25) is 5.02 Å². The lowest BCUT2D eigenvalue weighted by Crippen LogP contribution is -2.50. The van der Waals surface area contributed by atoms with Crippen molar-refractivity contribution in [3.05, 3.63) is 71.0 Å². The van der Waals surface area contributed by atoms with Crippen LogP contribution in [0.25, 0.3) is 0 Å². The lowest BCUT2D eigenvalue weighted by Gasteiger charge is -2.40. The minimum atomic E-state index is -0.527. The number of nitrogens with zero attached hydrogens (tertiary/aromatic N) is 1. The molecule has 180 valence electrons. The largest absolute Gasteiger partial charge is 0.491 e. The Bertz CT molecular complexity index is 1070. The zero-order valence-electron chi connectivity index (χ0n) is 19.0. The van der Waals surface area contributed by atoms with Gasteiger partial charge in [0.1, 0.15) is 18.2 Å². The summed E-state index contributed by atoms with van der Waals surface area (Å²) in [6.07, 6.45) is 6.95. The molecule has 0 aliphatic carbocycles. The quantitative estimate of drug-likeness (QED) is 0.639. The molecule has 2 aliphatic rings. The number of allylic oxidation sites excluding steroid dienone is 2. The van der Waals surface area contributed by atoms with Gasteiger partial charge in [-0.05, 0) is 68.6 Å². The fraction of sp³-hybridized carbons (Fsp3) is 0.385. The van der Waals surface area contributed by atoms with Crippen LogP contribution >= 0.6 is 11.6 Å². The van der Waals surface area contributed by atoms with Gasteiger partial charge in [-0.3, -0.25) is 14.5 Å². The molecule has 0 bridgehead atoms. The van der Waals surface area contributed by atoms with E-state index in [4.69, 9.17) is 16.3 Å². The van der Waals surface area contributed by atoms with E-state index in [0.717, 1.165) is 17.7 Å². The van der Waals surface area contributed by atoms with Crippen LogP contribution in [0.15, 0.2) is 54.6 Å². The van der Waals surface area contributed by atoms with Crippen LogP contribution in [0, 0.1) is 11.2 Å². The zero-order valence-corrected chi connectivity index (χ0v) is 19.7. The molecular formula is C26H29ClFN3O3. The second-order valence-electron chi connectivity index (χ2n) is 8.83. The molecule has 2 heterocycles. The molecule has 2 aromatic rings. The third kappa shape index (κ3) is 5.96. The molecule has 0 radical (unpaired) electrons. The van der Waals surface area contributed by atoms with Crippen LogP contribution in [0.5, 0.6) is 5.75 Å². The first-order chi connectivity index (χ1) is 16.4. The number of amides is 2. The predicted octanol–water partition coefficient (Wildman–Crippen LogP) is 4.20. The summed E-state index contributed by atoms with van der Waals surface area (Å²) in [6, 6.07) is 12.1. The number of piperidine rings is 1. The molecule has 2 amide bonds. The maximum absolute atomic E-state index is 13.3. The van der Waals surface area contributed by atoms with Gasteiger partial charge in [-0.25, -0.2) is 4.39 Å². The average molecular weight is 486 g/mol. The molecule has 0 atom stereocenters. The highest BCUT2D eigenvalue weighted by atomic mass is 35.5. The van der Waals surface area contributed by atoms with E-state index in [1.54, 1.807) is 0 Å². The number of fused-ring (bicyclic) bond motifs is 1. The van der Waals surface area contributed by atoms with Crippen molar-refractivity contribution in [3.8, 4) is 5.75 Å². The van der Waals surface area contributed by atoms with Crippen LogP contribution in [0.1, 0.15) is 24.8 Å². The van der Waals surface area contributed by atoms with Crippen LogP contribution in [0.3, 0.4) is 0 Å². The fourth-order valence-corrected chi connectivity index (χ4v) is 4.67. The van der Waals surface area contributed by atoms with Gasteiger partial charge >= 0.3 is 0 Å². The number of benzene rings is 2. The van der Waals surface area contributed by atoms with Gasteiger partial charge in [-0.1, -0.05) is 42.0 Å². The molecule has 0 unspecified atom stereocenters. The van der Waals surface area contributed by atoms with Crippen LogP contribution in [-0.2, 0) is 16.0 Å². The first-order valence-electron chi connectivity index (χ1n) is 11.6. The first-order valence-corrected chi connectivity index (χ1v) is 11.9. The standard InChI is InChI=1S/C26H29ClFN3O3/c27-21-17-20(8-9-22(21)28)30-24(32)18-31-14-11-26(12-15-31)10-4-3-6-19-5-1-2-7-23(19)34-16-13-29-25(26)33/h1-5,7-9,17H,6,10-16,18H2,(H,29,33)(H,30,32)/b4-3+. The normalized spacial score (nSPS) is 19.6. The second-order valence-corrected chi connectivity index (χ2v) is 9.23. The number of carbonyl (C=O) groups excluding carboxylic acids is 2. The predicted molar refractivity (Wildman–Crippen MR) is 131 cm³/mol. The highest BCUT2D eigenvalue weighted by molar-refractivity contribution is 6.31. The van der Waals surface area contributed by atoms with Crippen LogP contribution in [0.4, 0.5) is 10.1 Å². The minimum Gasteiger partial charge on any atom is -0.491 e. The number of rotatable bonds is 3. The number of nitrogens with one attached hydrogen (secondary N) is 2. The third-order valence-electron chi connectivity index (χ3n) is 6.50. The Hall–Kier alpha value is -2.90. The van der Waals surface area contributed by atoms with Crippen LogP contribution in [-0.4, -0.2) is 49.5 Å². The van der Waals surface area contributed by atoms with Crippen molar-refractivity contribution >= 4 is 29.1 Å². The van der Waals surface area contributed by atoms with Crippen molar-refractivity contribution in [2.24, 2.45) is 5.41 Å². The number of anilines is 1. The lowest BCUT2D eigenvalue weighted by molar-refractivity contribution is -0.134. The summed E-state index contributed by atoms with van der Waals surface area (Å²) in [5.74, 6) is 0.171. The summed E-state index contributed by atoms with van der Waals surface area (Å²) < 4.78 is 19.2. The van der Waals surface area contributed by atoms with Gasteiger partial charge in [-0.15, -0.1) is 0 Å². The van der Waals surface area contributed by atoms with E-state index in [1.807, 2.05) is 23.1 Å². The molecule has 1 fully saturated rings. The highest BCUT2D eigenvalue weighted by Gasteiger charge is 2.40. The third-order valence-corrected chi connectivity index (χ3v) is 6.79. The van der Waals surface area contributed by atoms with Gasteiger partial charge in [0.2, 0.25) is 11.8 Å². The van der Waals surface area contributed by atoms with Gasteiger partial charge < -0.3 is 15.4 Å². The molecule has 8 heteroatoms. The summed E-state index contributed by atoms with van der Waals surface area (Å²) in [4.78, 5) is 27.7. The molecule has 2 N–H and O–H groups in total. The number of para-hydroxylation sites is 1. The SMILES string of the molecule is O=C(CN1CCC2(C/C=C/Cc3ccccc3OCCNC2=O)CC1)Nc1ccc(F)c(Cl)c1. The Kier molecular flexibility index (Phi) is 7.85. The Morgan fingerprint density at radius 2 is 1.97 bits per heavy atom. The zero-order chi connectivity index (χ0) is 24.0. The molecule has 4 rings (SSSR count). The Morgan fingerprint density at radius 3 is 2.76 bits per heavy atom.